The van der Waals surface area contributed by atoms with E-state index in [1.165, 1.54) is 4.90 Å². The van der Waals surface area contributed by atoms with Gasteiger partial charge in [-0.3, -0.25) is 4.79 Å². The lowest BCUT2D eigenvalue weighted by atomic mass is 10.2. The molecule has 27 heavy (non-hydrogen) atoms. The van der Waals surface area contributed by atoms with Crippen LogP contribution in [0.4, 0.5) is 4.79 Å². The van der Waals surface area contributed by atoms with Gasteiger partial charge in [-0.05, 0) is 46.5 Å². The Hall–Kier alpha value is -2.25. The molecular weight excluding hydrogens is 346 g/mol. The third kappa shape index (κ3) is 10.5. The van der Waals surface area contributed by atoms with Crippen molar-refractivity contribution in [1.29, 1.82) is 0 Å². The van der Waals surface area contributed by atoms with E-state index in [0.717, 1.165) is 18.4 Å². The molecule has 0 aromatic carbocycles. The van der Waals surface area contributed by atoms with Crippen molar-refractivity contribution < 1.29 is 14.3 Å². The predicted octanol–water partition coefficient (Wildman–Crippen LogP) is 1.49. The van der Waals surface area contributed by atoms with E-state index in [4.69, 9.17) is 4.74 Å². The van der Waals surface area contributed by atoms with Crippen LogP contribution >= 0.6 is 0 Å². The molecule has 1 rings (SSSR count). The number of aliphatic imine (C=N–C) groups is 1. The number of likely N-dealkylation sites (N-methyl/N-ethyl adjacent to an activating group) is 1. The van der Waals surface area contributed by atoms with Crippen molar-refractivity contribution >= 4 is 18.0 Å². The summed E-state index contributed by atoms with van der Waals surface area (Å²) in [6.07, 6.45) is 1.73. The summed E-state index contributed by atoms with van der Waals surface area (Å²) in [5.74, 6) is 0.859. The number of nitrogens with zero attached hydrogens (tertiary/aromatic N) is 2. The van der Waals surface area contributed by atoms with Crippen molar-refractivity contribution in [2.75, 3.05) is 33.7 Å². The highest BCUT2D eigenvalue weighted by molar-refractivity contribution is 5.85. The summed E-state index contributed by atoms with van der Waals surface area (Å²) < 4.78 is 5.35. The van der Waals surface area contributed by atoms with Gasteiger partial charge in [-0.2, -0.15) is 0 Å². The van der Waals surface area contributed by atoms with Gasteiger partial charge >= 0.3 is 6.09 Å². The zero-order chi connectivity index (χ0) is 20.6. The molecule has 0 aromatic rings. The highest BCUT2D eigenvalue weighted by atomic mass is 16.6. The zero-order valence-corrected chi connectivity index (χ0v) is 17.5. The van der Waals surface area contributed by atoms with E-state index in [1.54, 1.807) is 14.1 Å². The molecule has 2 amide bonds. The first-order valence-corrected chi connectivity index (χ1v) is 9.34. The molecule has 0 aliphatic heterocycles. The van der Waals surface area contributed by atoms with E-state index in [1.807, 2.05) is 27.7 Å². The predicted molar refractivity (Wildman–Crippen MR) is 108 cm³/mol. The van der Waals surface area contributed by atoms with E-state index >= 15 is 0 Å². The van der Waals surface area contributed by atoms with Crippen LogP contribution in [0.25, 0.3) is 0 Å². The van der Waals surface area contributed by atoms with Gasteiger partial charge < -0.3 is 25.6 Å². The molecule has 1 atom stereocenters. The second-order valence-electron chi connectivity index (χ2n) is 8.23. The first-order chi connectivity index (χ1) is 12.5. The molecule has 0 aromatic heterocycles. The second-order valence-corrected chi connectivity index (χ2v) is 8.23. The Kier molecular flexibility index (Phi) is 8.59. The van der Waals surface area contributed by atoms with Gasteiger partial charge in [0, 0.05) is 27.2 Å². The van der Waals surface area contributed by atoms with Gasteiger partial charge in [0.15, 0.2) is 5.96 Å². The summed E-state index contributed by atoms with van der Waals surface area (Å²) in [6.45, 7) is 12.4. The highest BCUT2D eigenvalue weighted by Crippen LogP contribution is 2.32. The van der Waals surface area contributed by atoms with Gasteiger partial charge in [0.1, 0.15) is 12.1 Å². The van der Waals surface area contributed by atoms with Gasteiger partial charge in [0.2, 0.25) is 5.91 Å². The van der Waals surface area contributed by atoms with Crippen molar-refractivity contribution in [1.82, 2.24) is 20.9 Å². The number of rotatable bonds is 8. The molecule has 8 heteroatoms. The number of nitrogens with one attached hydrogen (secondary N) is 3. The fourth-order valence-corrected chi connectivity index (χ4v) is 2.20. The molecule has 1 fully saturated rings. The van der Waals surface area contributed by atoms with Crippen molar-refractivity contribution in [2.24, 2.45) is 10.9 Å². The van der Waals surface area contributed by atoms with E-state index < -0.39 is 11.7 Å². The Labute approximate surface area is 162 Å². The topological polar surface area (TPSA) is 95.1 Å². The first-order valence-electron chi connectivity index (χ1n) is 9.34. The summed E-state index contributed by atoms with van der Waals surface area (Å²) in [4.78, 5) is 29.7. The maximum atomic E-state index is 12.1. The maximum absolute atomic E-state index is 12.1. The smallest absolute Gasteiger partial charge is 0.407 e. The van der Waals surface area contributed by atoms with Gasteiger partial charge in [-0.25, -0.2) is 9.79 Å². The first kappa shape index (κ1) is 22.8. The highest BCUT2D eigenvalue weighted by Gasteiger charge is 2.33. The molecule has 3 N–H and O–H groups in total. The van der Waals surface area contributed by atoms with Crippen molar-refractivity contribution in [3.63, 3.8) is 0 Å². The van der Waals surface area contributed by atoms with Crippen molar-refractivity contribution in [3.05, 3.63) is 12.2 Å². The summed E-state index contributed by atoms with van der Waals surface area (Å²) >= 11 is 0. The number of guanidine groups is 1. The van der Waals surface area contributed by atoms with Gasteiger partial charge in [-0.15, -0.1) is 0 Å². The third-order valence-electron chi connectivity index (χ3n) is 3.81. The maximum Gasteiger partial charge on any atom is 0.407 e. The molecule has 8 nitrogen and oxygen atoms in total. The minimum atomic E-state index is -0.534. The van der Waals surface area contributed by atoms with Gasteiger partial charge in [0.05, 0.1) is 6.04 Å². The lowest BCUT2D eigenvalue weighted by Crippen LogP contribution is -2.49. The molecule has 0 saturated heterocycles. The summed E-state index contributed by atoms with van der Waals surface area (Å²) in [6, 6.07) is -0.0544. The molecule has 1 aliphatic carbocycles. The minimum absolute atomic E-state index is 0.0477. The van der Waals surface area contributed by atoms with Crippen LogP contribution in [-0.2, 0) is 9.53 Å². The van der Waals surface area contributed by atoms with Crippen molar-refractivity contribution in [2.45, 2.75) is 52.2 Å². The number of ether oxygens (including phenoxy) is 1. The Morgan fingerprint density at radius 3 is 2.37 bits per heavy atom. The number of carbonyl (C=O) groups is 2. The minimum Gasteiger partial charge on any atom is -0.444 e. The normalized spacial score (nSPS) is 15.6. The molecule has 1 aliphatic rings. The van der Waals surface area contributed by atoms with Crippen LogP contribution in [0.1, 0.15) is 40.5 Å². The number of hydrogen-bond donors (Lipinski definition) is 3. The van der Waals surface area contributed by atoms with Crippen LogP contribution in [0.5, 0.6) is 0 Å². The van der Waals surface area contributed by atoms with Gasteiger partial charge in [-0.1, -0.05) is 12.2 Å². The van der Waals surface area contributed by atoms with Crippen LogP contribution < -0.4 is 16.0 Å². The molecule has 0 spiro atoms. The van der Waals surface area contributed by atoms with Crippen LogP contribution in [-0.4, -0.2) is 68.2 Å². The lowest BCUT2D eigenvalue weighted by Gasteiger charge is -2.24. The number of hydrogen-bond acceptors (Lipinski definition) is 4. The summed E-state index contributed by atoms with van der Waals surface area (Å²) in [5, 5.41) is 9.30. The van der Waals surface area contributed by atoms with Crippen LogP contribution in [0, 0.1) is 5.92 Å². The lowest BCUT2D eigenvalue weighted by molar-refractivity contribution is -0.127. The quantitative estimate of drug-likeness (QED) is 0.336. The van der Waals surface area contributed by atoms with Crippen LogP contribution in [0.3, 0.4) is 0 Å². The average Bonchev–Trinajstić information content (AvgIpc) is 3.35. The third-order valence-corrected chi connectivity index (χ3v) is 3.81. The van der Waals surface area contributed by atoms with Crippen LogP contribution in [0.2, 0.25) is 0 Å². The largest absolute Gasteiger partial charge is 0.444 e. The number of amides is 2. The van der Waals surface area contributed by atoms with E-state index in [9.17, 15) is 9.59 Å². The Morgan fingerprint density at radius 1 is 1.26 bits per heavy atom. The monoisotopic (exact) mass is 381 g/mol. The number of carbonyl (C=O) groups excluding carboxylic acids is 2. The average molecular weight is 382 g/mol. The molecule has 0 radical (unpaired) electrons. The Bertz CT molecular complexity index is 562. The van der Waals surface area contributed by atoms with E-state index in [-0.39, 0.29) is 18.5 Å². The molecule has 1 unspecified atom stereocenters. The number of alkyl carbamates (subject to hydrolysis) is 1. The van der Waals surface area contributed by atoms with Gasteiger partial charge in [0.25, 0.3) is 0 Å². The summed E-state index contributed by atoms with van der Waals surface area (Å²) in [7, 11) is 3.39. The molecular formula is C19H35N5O3. The van der Waals surface area contributed by atoms with Crippen LogP contribution in [0.15, 0.2) is 17.1 Å². The van der Waals surface area contributed by atoms with E-state index in [0.29, 0.717) is 25.0 Å². The van der Waals surface area contributed by atoms with E-state index in [2.05, 4.69) is 27.5 Å². The van der Waals surface area contributed by atoms with Crippen molar-refractivity contribution in [3.8, 4) is 0 Å². The fraction of sp³-hybridized carbons (Fsp3) is 0.737. The summed E-state index contributed by atoms with van der Waals surface area (Å²) in [5.41, 5.74) is 0.419. The SMILES string of the molecule is C=C(C)CNC(=NCC(=O)N(C)C)NCC(NC(=O)OC(C)(C)C)C1CC1. The standard InChI is InChI=1S/C19H35N5O3/c1-13(2)10-20-17(22-12-16(25)24(6)7)21-11-15(14-8-9-14)23-18(26)27-19(3,4)5/h14-15H,1,8-12H2,2-7H3,(H,23,26)(H2,20,21,22). The molecule has 0 heterocycles. The Balaban J connectivity index is 2.65. The molecule has 154 valence electrons. The second kappa shape index (κ2) is 10.2. The zero-order valence-electron chi connectivity index (χ0n) is 17.5. The molecule has 1 saturated carbocycles. The Morgan fingerprint density at radius 2 is 1.89 bits per heavy atom. The molecule has 0 bridgehead atoms. The fourth-order valence-electron chi connectivity index (χ4n) is 2.20.